The van der Waals surface area contributed by atoms with Crippen molar-refractivity contribution in [3.63, 3.8) is 0 Å². The third-order valence-electron chi connectivity index (χ3n) is 2.12. The predicted octanol–water partition coefficient (Wildman–Crippen LogP) is 3.26. The lowest BCUT2D eigenvalue weighted by Gasteiger charge is -2.01. The molecule has 0 aromatic carbocycles. The van der Waals surface area contributed by atoms with Crippen molar-refractivity contribution >= 4 is 6.29 Å². The van der Waals surface area contributed by atoms with Crippen LogP contribution in [0, 0.1) is 0 Å². The number of nitrogens with zero attached hydrogens (tertiary/aromatic N) is 1. The Morgan fingerprint density at radius 1 is 1.50 bits per heavy atom. The van der Waals surface area contributed by atoms with Gasteiger partial charge < -0.3 is 0 Å². The number of allylic oxidation sites excluding steroid dienone is 4. The summed E-state index contributed by atoms with van der Waals surface area (Å²) in [5.41, 5.74) is 2.23. The van der Waals surface area contributed by atoms with E-state index in [1.54, 1.807) is 12.1 Å². The smallest absolute Gasteiger partial charge is 0.151 e. The lowest BCUT2D eigenvalue weighted by Crippen LogP contribution is -1.93. The first-order valence-corrected chi connectivity index (χ1v) is 5.05. The molecule has 0 aliphatic rings. The largest absolute Gasteiger partial charge is 0.298 e. The second-order valence-electron chi connectivity index (χ2n) is 3.47. The molecule has 1 aromatic rings. The molecule has 1 heterocycles. The van der Waals surface area contributed by atoms with Crippen LogP contribution in [0.2, 0.25) is 0 Å². The highest BCUT2D eigenvalue weighted by Crippen LogP contribution is 2.10. The number of hydrogen-bond donors (Lipinski definition) is 0. The summed E-state index contributed by atoms with van der Waals surface area (Å²) in [5, 5.41) is 0. The molecule has 1 aromatic heterocycles. The van der Waals surface area contributed by atoms with E-state index in [0.29, 0.717) is 12.0 Å². The first-order valence-electron chi connectivity index (χ1n) is 5.05. The standard InChI is InChI=1S/C13H14FNO/c1-3-11(6-10(2)14)7-13-5-4-12(9-16)8-15-13/h3-6,8-9H,7H2,1-2H3/b10-6+,11-3+. The van der Waals surface area contributed by atoms with Gasteiger partial charge in [-0.25, -0.2) is 4.39 Å². The van der Waals surface area contributed by atoms with E-state index in [1.165, 1.54) is 19.2 Å². The van der Waals surface area contributed by atoms with Gasteiger partial charge in [0.15, 0.2) is 6.29 Å². The molecule has 0 unspecified atom stereocenters. The van der Waals surface area contributed by atoms with Crippen LogP contribution in [-0.2, 0) is 6.42 Å². The van der Waals surface area contributed by atoms with Crippen molar-refractivity contribution in [2.75, 3.05) is 0 Å². The van der Waals surface area contributed by atoms with Crippen molar-refractivity contribution in [1.82, 2.24) is 4.98 Å². The molecule has 84 valence electrons. The van der Waals surface area contributed by atoms with E-state index in [-0.39, 0.29) is 5.83 Å². The van der Waals surface area contributed by atoms with E-state index in [9.17, 15) is 9.18 Å². The van der Waals surface area contributed by atoms with Gasteiger partial charge in [-0.15, -0.1) is 0 Å². The normalized spacial score (nSPS) is 12.7. The van der Waals surface area contributed by atoms with Crippen LogP contribution in [0.1, 0.15) is 29.9 Å². The van der Waals surface area contributed by atoms with Gasteiger partial charge in [0, 0.05) is 23.9 Å². The Hall–Kier alpha value is -1.77. The lowest BCUT2D eigenvalue weighted by molar-refractivity contribution is 0.112. The van der Waals surface area contributed by atoms with Crippen LogP contribution in [0.25, 0.3) is 0 Å². The second-order valence-corrected chi connectivity index (χ2v) is 3.47. The molecule has 0 N–H and O–H groups in total. The maximum absolute atomic E-state index is 12.7. The summed E-state index contributed by atoms with van der Waals surface area (Å²) in [4.78, 5) is 14.6. The summed E-state index contributed by atoms with van der Waals surface area (Å²) in [7, 11) is 0. The highest BCUT2D eigenvalue weighted by molar-refractivity contribution is 5.73. The highest BCUT2D eigenvalue weighted by Gasteiger charge is 1.99. The minimum Gasteiger partial charge on any atom is -0.298 e. The van der Waals surface area contributed by atoms with Crippen molar-refractivity contribution in [3.8, 4) is 0 Å². The average molecular weight is 219 g/mol. The first kappa shape index (κ1) is 12.3. The lowest BCUT2D eigenvalue weighted by atomic mass is 10.1. The molecule has 0 saturated carbocycles. The molecule has 3 heteroatoms. The number of carbonyl (C=O) groups is 1. The van der Waals surface area contributed by atoms with Gasteiger partial charge >= 0.3 is 0 Å². The van der Waals surface area contributed by atoms with E-state index in [2.05, 4.69) is 4.98 Å². The van der Waals surface area contributed by atoms with Gasteiger partial charge in [-0.05, 0) is 37.6 Å². The number of aromatic nitrogens is 1. The van der Waals surface area contributed by atoms with E-state index in [4.69, 9.17) is 0 Å². The number of aldehydes is 1. The monoisotopic (exact) mass is 219 g/mol. The van der Waals surface area contributed by atoms with Crippen molar-refractivity contribution in [2.24, 2.45) is 0 Å². The van der Waals surface area contributed by atoms with Crippen LogP contribution < -0.4 is 0 Å². The fraction of sp³-hybridized carbons (Fsp3) is 0.231. The molecule has 2 nitrogen and oxygen atoms in total. The maximum atomic E-state index is 12.7. The summed E-state index contributed by atoms with van der Waals surface area (Å²) in [6.07, 6.45) is 6.16. The average Bonchev–Trinajstić information content (AvgIpc) is 2.28. The van der Waals surface area contributed by atoms with Crippen molar-refractivity contribution in [3.05, 3.63) is 53.1 Å². The minimum absolute atomic E-state index is 0.224. The number of halogens is 1. The Morgan fingerprint density at radius 3 is 2.69 bits per heavy atom. The molecule has 0 atom stereocenters. The summed E-state index contributed by atoms with van der Waals surface area (Å²) in [6, 6.07) is 3.48. The molecule has 0 aliphatic carbocycles. The molecule has 1 rings (SSSR count). The zero-order valence-electron chi connectivity index (χ0n) is 9.40. The Kier molecular flexibility index (Phi) is 4.58. The SMILES string of the molecule is C/C=C(\C=C(/C)F)Cc1ccc(C=O)cn1. The fourth-order valence-corrected chi connectivity index (χ4v) is 1.31. The number of hydrogen-bond acceptors (Lipinski definition) is 2. The van der Waals surface area contributed by atoms with E-state index in [0.717, 1.165) is 17.6 Å². The predicted molar refractivity (Wildman–Crippen MR) is 62.0 cm³/mol. The summed E-state index contributed by atoms with van der Waals surface area (Å²) in [6.45, 7) is 3.26. The molecule has 0 spiro atoms. The van der Waals surface area contributed by atoms with E-state index >= 15 is 0 Å². The summed E-state index contributed by atoms with van der Waals surface area (Å²) < 4.78 is 12.7. The number of rotatable bonds is 4. The van der Waals surface area contributed by atoms with Crippen molar-refractivity contribution < 1.29 is 9.18 Å². The summed E-state index contributed by atoms with van der Waals surface area (Å²) >= 11 is 0. The highest BCUT2D eigenvalue weighted by atomic mass is 19.1. The molecule has 0 aliphatic heterocycles. The van der Waals surface area contributed by atoms with Crippen LogP contribution >= 0.6 is 0 Å². The van der Waals surface area contributed by atoms with Gasteiger partial charge in [-0.2, -0.15) is 0 Å². The third kappa shape index (κ3) is 3.77. The Bertz CT molecular complexity index is 414. The Labute approximate surface area is 94.5 Å². The van der Waals surface area contributed by atoms with E-state index in [1.807, 2.05) is 13.0 Å². The second kappa shape index (κ2) is 5.95. The Morgan fingerprint density at radius 2 is 2.25 bits per heavy atom. The van der Waals surface area contributed by atoms with Gasteiger partial charge in [0.1, 0.15) is 0 Å². The summed E-state index contributed by atoms with van der Waals surface area (Å²) in [5.74, 6) is -0.224. The van der Waals surface area contributed by atoms with Crippen LogP contribution in [-0.4, -0.2) is 11.3 Å². The van der Waals surface area contributed by atoms with Gasteiger partial charge in [0.25, 0.3) is 0 Å². The zero-order chi connectivity index (χ0) is 12.0. The zero-order valence-corrected chi connectivity index (χ0v) is 9.40. The topological polar surface area (TPSA) is 30.0 Å². The van der Waals surface area contributed by atoms with Gasteiger partial charge in [0.2, 0.25) is 0 Å². The van der Waals surface area contributed by atoms with Gasteiger partial charge in [0.05, 0.1) is 5.83 Å². The first-order chi connectivity index (χ1) is 7.65. The number of carbonyl (C=O) groups excluding carboxylic acids is 1. The van der Waals surface area contributed by atoms with Crippen LogP contribution in [0.5, 0.6) is 0 Å². The molecule has 16 heavy (non-hydrogen) atoms. The molecule has 0 radical (unpaired) electrons. The molecule has 0 bridgehead atoms. The van der Waals surface area contributed by atoms with Crippen LogP contribution in [0.15, 0.2) is 41.9 Å². The van der Waals surface area contributed by atoms with E-state index < -0.39 is 0 Å². The fourth-order valence-electron chi connectivity index (χ4n) is 1.31. The van der Waals surface area contributed by atoms with Crippen molar-refractivity contribution in [1.29, 1.82) is 0 Å². The third-order valence-corrected chi connectivity index (χ3v) is 2.12. The number of pyridine rings is 1. The Balaban J connectivity index is 2.79. The van der Waals surface area contributed by atoms with Gasteiger partial charge in [-0.3, -0.25) is 9.78 Å². The van der Waals surface area contributed by atoms with Gasteiger partial charge in [-0.1, -0.05) is 6.08 Å². The molecular weight excluding hydrogens is 205 g/mol. The molecule has 0 fully saturated rings. The molecular formula is C13H14FNO. The van der Waals surface area contributed by atoms with Crippen LogP contribution in [0.4, 0.5) is 4.39 Å². The molecule has 0 amide bonds. The molecule has 0 saturated heterocycles. The minimum atomic E-state index is -0.224. The maximum Gasteiger partial charge on any atom is 0.151 e. The quantitative estimate of drug-likeness (QED) is 0.574. The van der Waals surface area contributed by atoms with Crippen LogP contribution in [0.3, 0.4) is 0 Å². The van der Waals surface area contributed by atoms with Crippen molar-refractivity contribution in [2.45, 2.75) is 20.3 Å².